The topological polar surface area (TPSA) is 44.7 Å². The van der Waals surface area contributed by atoms with E-state index in [-0.39, 0.29) is 6.10 Å². The van der Waals surface area contributed by atoms with Gasteiger partial charge in [0, 0.05) is 39.3 Å². The number of hydrogen-bond donors (Lipinski definition) is 2. The van der Waals surface area contributed by atoms with Gasteiger partial charge in [0.1, 0.15) is 0 Å². The molecule has 1 atom stereocenters. The van der Waals surface area contributed by atoms with Gasteiger partial charge in [0.05, 0.1) is 12.7 Å². The molecule has 1 unspecified atom stereocenters. The number of β-amino-alcohol motifs (C(OH)–C–C–N with tert-alkyl or cyclic N) is 1. The molecule has 0 radical (unpaired) electrons. The molecule has 0 spiro atoms. The second-order valence-electron chi connectivity index (χ2n) is 4.49. The van der Waals surface area contributed by atoms with Gasteiger partial charge in [0.25, 0.3) is 0 Å². The number of hydrogen-bond acceptors (Lipinski definition) is 4. The van der Waals surface area contributed by atoms with Crippen molar-refractivity contribution in [3.05, 3.63) is 0 Å². The highest BCUT2D eigenvalue weighted by Crippen LogP contribution is 1.98. The molecule has 1 rings (SSSR count). The Kier molecular flexibility index (Phi) is 7.76. The zero-order valence-corrected chi connectivity index (χ0v) is 10.5. The van der Waals surface area contributed by atoms with Crippen LogP contribution in [0.4, 0.5) is 0 Å². The minimum absolute atomic E-state index is 0.334. The molecule has 1 aliphatic rings. The molecule has 0 aromatic heterocycles. The Morgan fingerprint density at radius 1 is 1.31 bits per heavy atom. The van der Waals surface area contributed by atoms with E-state index in [1.54, 1.807) is 0 Å². The van der Waals surface area contributed by atoms with Crippen LogP contribution in [0.3, 0.4) is 0 Å². The van der Waals surface area contributed by atoms with E-state index in [2.05, 4.69) is 17.1 Å². The molecule has 0 saturated carbocycles. The van der Waals surface area contributed by atoms with Gasteiger partial charge in [-0.25, -0.2) is 0 Å². The fourth-order valence-electron chi connectivity index (χ4n) is 1.92. The van der Waals surface area contributed by atoms with Crippen molar-refractivity contribution in [3.63, 3.8) is 0 Å². The first-order valence-electron chi connectivity index (χ1n) is 6.51. The lowest BCUT2D eigenvalue weighted by atomic mass is 10.2. The monoisotopic (exact) mass is 230 g/mol. The molecule has 1 fully saturated rings. The smallest absolute Gasteiger partial charge is 0.0900 e. The van der Waals surface area contributed by atoms with Gasteiger partial charge >= 0.3 is 0 Å². The van der Waals surface area contributed by atoms with Crippen molar-refractivity contribution in [2.75, 3.05) is 45.9 Å². The molecule has 0 aromatic carbocycles. The highest BCUT2D eigenvalue weighted by atomic mass is 16.5. The third-order valence-electron chi connectivity index (χ3n) is 2.88. The van der Waals surface area contributed by atoms with Crippen LogP contribution < -0.4 is 5.32 Å². The molecular formula is C12H26N2O2. The van der Waals surface area contributed by atoms with Crippen LogP contribution in [0.15, 0.2) is 0 Å². The Morgan fingerprint density at radius 3 is 2.75 bits per heavy atom. The number of unbranched alkanes of at least 4 members (excludes halogenated alkanes) is 2. The number of aliphatic hydroxyl groups excluding tert-OH is 1. The minimum Gasteiger partial charge on any atom is -0.389 e. The Hall–Kier alpha value is -0.160. The summed E-state index contributed by atoms with van der Waals surface area (Å²) in [6, 6.07) is 0. The molecule has 0 bridgehead atoms. The highest BCUT2D eigenvalue weighted by molar-refractivity contribution is 4.70. The van der Waals surface area contributed by atoms with Crippen molar-refractivity contribution >= 4 is 0 Å². The summed E-state index contributed by atoms with van der Waals surface area (Å²) in [5.41, 5.74) is 0. The molecule has 0 aromatic rings. The summed E-state index contributed by atoms with van der Waals surface area (Å²) in [7, 11) is 0. The molecule has 1 aliphatic heterocycles. The summed E-state index contributed by atoms with van der Waals surface area (Å²) in [6.45, 7) is 8.32. The van der Waals surface area contributed by atoms with E-state index in [4.69, 9.17) is 4.74 Å². The van der Waals surface area contributed by atoms with E-state index >= 15 is 0 Å². The minimum atomic E-state index is -0.334. The summed E-state index contributed by atoms with van der Waals surface area (Å²) in [5, 5.41) is 13.1. The summed E-state index contributed by atoms with van der Waals surface area (Å²) < 4.78 is 5.45. The lowest BCUT2D eigenvalue weighted by Crippen LogP contribution is -2.47. The Morgan fingerprint density at radius 2 is 2.06 bits per heavy atom. The number of nitrogens with zero attached hydrogens (tertiary/aromatic N) is 1. The first-order valence-corrected chi connectivity index (χ1v) is 6.51. The quantitative estimate of drug-likeness (QED) is 0.595. The van der Waals surface area contributed by atoms with Gasteiger partial charge in [0.15, 0.2) is 0 Å². The largest absolute Gasteiger partial charge is 0.389 e. The molecule has 96 valence electrons. The Bertz CT molecular complexity index is 161. The molecule has 0 aliphatic carbocycles. The van der Waals surface area contributed by atoms with Crippen molar-refractivity contribution < 1.29 is 9.84 Å². The van der Waals surface area contributed by atoms with E-state index in [1.165, 1.54) is 12.8 Å². The van der Waals surface area contributed by atoms with E-state index in [0.717, 1.165) is 45.8 Å². The van der Waals surface area contributed by atoms with Gasteiger partial charge in [0.2, 0.25) is 0 Å². The van der Waals surface area contributed by atoms with Gasteiger partial charge in [-0.05, 0) is 6.42 Å². The normalized spacial score (nSPS) is 19.9. The van der Waals surface area contributed by atoms with Crippen molar-refractivity contribution in [1.29, 1.82) is 0 Å². The third-order valence-corrected chi connectivity index (χ3v) is 2.88. The molecule has 4 nitrogen and oxygen atoms in total. The third kappa shape index (κ3) is 6.43. The average molecular weight is 230 g/mol. The molecule has 2 N–H and O–H groups in total. The van der Waals surface area contributed by atoms with E-state index < -0.39 is 0 Å². The molecule has 1 heterocycles. The average Bonchev–Trinajstić information content (AvgIpc) is 2.30. The van der Waals surface area contributed by atoms with Gasteiger partial charge in [-0.1, -0.05) is 19.8 Å². The van der Waals surface area contributed by atoms with Crippen molar-refractivity contribution in [3.8, 4) is 0 Å². The lowest BCUT2D eigenvalue weighted by molar-refractivity contribution is 0.0137. The number of nitrogens with one attached hydrogen (secondary N) is 1. The summed E-state index contributed by atoms with van der Waals surface area (Å²) in [6.07, 6.45) is 3.21. The van der Waals surface area contributed by atoms with Crippen LogP contribution in [-0.2, 0) is 4.74 Å². The number of rotatable bonds is 8. The van der Waals surface area contributed by atoms with Crippen LogP contribution in [0.1, 0.15) is 26.2 Å². The summed E-state index contributed by atoms with van der Waals surface area (Å²) >= 11 is 0. The zero-order valence-electron chi connectivity index (χ0n) is 10.5. The molecule has 1 saturated heterocycles. The SMILES string of the molecule is CCCCCOCC(O)CN1CCNCC1. The second kappa shape index (κ2) is 8.93. The number of piperazine rings is 1. The van der Waals surface area contributed by atoms with Crippen LogP contribution in [-0.4, -0.2) is 62.0 Å². The highest BCUT2D eigenvalue weighted by Gasteiger charge is 2.13. The van der Waals surface area contributed by atoms with Gasteiger partial charge < -0.3 is 15.2 Å². The first-order chi connectivity index (χ1) is 7.83. The summed E-state index contributed by atoms with van der Waals surface area (Å²) in [5.74, 6) is 0. The molecule has 0 amide bonds. The maximum absolute atomic E-state index is 9.77. The van der Waals surface area contributed by atoms with Gasteiger partial charge in [-0.2, -0.15) is 0 Å². The maximum atomic E-state index is 9.77. The van der Waals surface area contributed by atoms with E-state index in [9.17, 15) is 5.11 Å². The van der Waals surface area contributed by atoms with Crippen molar-refractivity contribution in [1.82, 2.24) is 10.2 Å². The number of ether oxygens (including phenoxy) is 1. The maximum Gasteiger partial charge on any atom is 0.0900 e. The standard InChI is InChI=1S/C12H26N2O2/c1-2-3-4-9-16-11-12(15)10-14-7-5-13-6-8-14/h12-13,15H,2-11H2,1H3. The van der Waals surface area contributed by atoms with Crippen LogP contribution in [0.25, 0.3) is 0 Å². The van der Waals surface area contributed by atoms with Crippen LogP contribution >= 0.6 is 0 Å². The van der Waals surface area contributed by atoms with Crippen LogP contribution in [0.5, 0.6) is 0 Å². The van der Waals surface area contributed by atoms with Crippen molar-refractivity contribution in [2.45, 2.75) is 32.3 Å². The van der Waals surface area contributed by atoms with Gasteiger partial charge in [-0.15, -0.1) is 0 Å². The molecular weight excluding hydrogens is 204 g/mol. The fraction of sp³-hybridized carbons (Fsp3) is 1.00. The zero-order chi connectivity index (χ0) is 11.6. The van der Waals surface area contributed by atoms with E-state index in [1.807, 2.05) is 0 Å². The van der Waals surface area contributed by atoms with Gasteiger partial charge in [-0.3, -0.25) is 4.90 Å². The van der Waals surface area contributed by atoms with Crippen LogP contribution in [0, 0.1) is 0 Å². The predicted octanol–water partition coefficient (Wildman–Crippen LogP) is 0.459. The predicted molar refractivity (Wildman–Crippen MR) is 65.7 cm³/mol. The first kappa shape index (κ1) is 13.9. The number of aliphatic hydroxyl groups is 1. The molecule has 16 heavy (non-hydrogen) atoms. The van der Waals surface area contributed by atoms with E-state index in [0.29, 0.717) is 6.61 Å². The summed E-state index contributed by atoms with van der Waals surface area (Å²) in [4.78, 5) is 2.29. The fourth-order valence-corrected chi connectivity index (χ4v) is 1.92. The Balaban J connectivity index is 1.95. The lowest BCUT2D eigenvalue weighted by Gasteiger charge is -2.28. The Labute approximate surface area is 99.0 Å². The molecule has 4 heteroatoms. The second-order valence-corrected chi connectivity index (χ2v) is 4.49. The van der Waals surface area contributed by atoms with Crippen LogP contribution in [0.2, 0.25) is 0 Å². The van der Waals surface area contributed by atoms with Crippen molar-refractivity contribution in [2.24, 2.45) is 0 Å².